The monoisotopic (exact) mass is 263 g/mol. The van der Waals surface area contributed by atoms with Gasteiger partial charge in [0.1, 0.15) is 11.5 Å². The maximum Gasteiger partial charge on any atom is 0.329 e. The minimum absolute atomic E-state index is 0.000770. The second-order valence-electron chi connectivity index (χ2n) is 3.63. The quantitative estimate of drug-likeness (QED) is 0.601. The maximum atomic E-state index is 11.8. The van der Waals surface area contributed by atoms with Gasteiger partial charge in [-0.3, -0.25) is 23.9 Å². The van der Waals surface area contributed by atoms with Gasteiger partial charge in [-0.2, -0.15) is 0 Å². The van der Waals surface area contributed by atoms with Crippen LogP contribution in [0.15, 0.2) is 32.8 Å². The molecule has 3 N–H and O–H groups in total. The summed E-state index contributed by atoms with van der Waals surface area (Å²) in [5, 5.41) is 2.32. The lowest BCUT2D eigenvalue weighted by Gasteiger charge is -2.07. The fourth-order valence-corrected chi connectivity index (χ4v) is 1.35. The van der Waals surface area contributed by atoms with Gasteiger partial charge in [-0.25, -0.2) is 9.78 Å². The number of amides is 1. The van der Waals surface area contributed by atoms with Crippen molar-refractivity contribution in [2.75, 3.05) is 5.32 Å². The summed E-state index contributed by atoms with van der Waals surface area (Å²) in [5.41, 5.74) is -1.92. The molecule has 0 saturated carbocycles. The van der Waals surface area contributed by atoms with E-state index in [1.165, 1.54) is 7.05 Å². The van der Waals surface area contributed by atoms with Crippen LogP contribution in [-0.2, 0) is 7.05 Å². The first-order valence-corrected chi connectivity index (χ1v) is 5.14. The van der Waals surface area contributed by atoms with E-state index in [1.807, 2.05) is 4.98 Å². The number of nitrogens with one attached hydrogen (secondary N) is 3. The molecule has 19 heavy (non-hydrogen) atoms. The lowest BCUT2D eigenvalue weighted by Crippen LogP contribution is -2.31. The molecule has 9 nitrogen and oxygen atoms in total. The van der Waals surface area contributed by atoms with Crippen LogP contribution in [-0.4, -0.2) is 25.4 Å². The third-order valence-electron chi connectivity index (χ3n) is 2.32. The van der Waals surface area contributed by atoms with Gasteiger partial charge in [-0.15, -0.1) is 0 Å². The van der Waals surface area contributed by atoms with Crippen molar-refractivity contribution in [1.29, 1.82) is 0 Å². The Bertz CT molecular complexity index is 800. The molecule has 0 aliphatic heterocycles. The predicted molar refractivity (Wildman–Crippen MR) is 65.1 cm³/mol. The van der Waals surface area contributed by atoms with E-state index in [0.29, 0.717) is 0 Å². The Labute approximate surface area is 105 Å². The Hall–Kier alpha value is -2.97. The maximum absolute atomic E-state index is 11.8. The van der Waals surface area contributed by atoms with Gasteiger partial charge in [0, 0.05) is 19.2 Å². The molecule has 0 radical (unpaired) electrons. The summed E-state index contributed by atoms with van der Waals surface area (Å²) in [4.78, 5) is 53.2. The number of aromatic amines is 2. The molecule has 0 aliphatic rings. The van der Waals surface area contributed by atoms with Crippen LogP contribution in [0.25, 0.3) is 0 Å². The summed E-state index contributed by atoms with van der Waals surface area (Å²) in [6.07, 6.45) is 1.08. The molecule has 98 valence electrons. The van der Waals surface area contributed by atoms with Crippen molar-refractivity contribution in [2.24, 2.45) is 7.05 Å². The van der Waals surface area contributed by atoms with Gasteiger partial charge in [0.15, 0.2) is 0 Å². The van der Waals surface area contributed by atoms with Crippen LogP contribution in [0.2, 0.25) is 0 Å². The van der Waals surface area contributed by atoms with Gasteiger partial charge >= 0.3 is 5.69 Å². The fourth-order valence-electron chi connectivity index (χ4n) is 1.35. The molecule has 0 saturated heterocycles. The number of H-pyrrole nitrogens is 2. The largest absolute Gasteiger partial charge is 0.329 e. The number of aromatic nitrogens is 4. The first-order valence-electron chi connectivity index (χ1n) is 5.14. The van der Waals surface area contributed by atoms with Gasteiger partial charge in [0.05, 0.1) is 6.33 Å². The molecule has 0 atom stereocenters. The first kappa shape index (κ1) is 12.5. The molecular weight excluding hydrogens is 254 g/mol. The lowest BCUT2D eigenvalue weighted by atomic mass is 10.4. The van der Waals surface area contributed by atoms with Crippen LogP contribution in [0, 0.1) is 0 Å². The minimum atomic E-state index is -0.702. The zero-order valence-corrected chi connectivity index (χ0v) is 9.76. The Morgan fingerprint density at radius 1 is 1.26 bits per heavy atom. The Morgan fingerprint density at radius 3 is 2.68 bits per heavy atom. The highest BCUT2D eigenvalue weighted by atomic mass is 16.2. The van der Waals surface area contributed by atoms with Gasteiger partial charge < -0.3 is 10.3 Å². The predicted octanol–water partition coefficient (Wildman–Crippen LogP) is -1.59. The van der Waals surface area contributed by atoms with Crippen molar-refractivity contribution >= 4 is 11.7 Å². The summed E-state index contributed by atoms with van der Waals surface area (Å²) in [5.74, 6) is -0.701. The Morgan fingerprint density at radius 2 is 2.00 bits per heavy atom. The number of hydrogen-bond acceptors (Lipinski definition) is 5. The molecule has 2 aromatic rings. The average molecular weight is 263 g/mol. The van der Waals surface area contributed by atoms with Crippen molar-refractivity contribution < 1.29 is 4.79 Å². The molecule has 0 bridgehead atoms. The summed E-state index contributed by atoms with van der Waals surface area (Å²) >= 11 is 0. The summed E-state index contributed by atoms with van der Waals surface area (Å²) in [6.45, 7) is 0. The molecule has 9 heteroatoms. The van der Waals surface area contributed by atoms with Crippen LogP contribution in [0.1, 0.15) is 10.5 Å². The van der Waals surface area contributed by atoms with Crippen LogP contribution in [0.4, 0.5) is 5.82 Å². The number of carbonyl (C=O) groups is 1. The Balaban J connectivity index is 2.37. The van der Waals surface area contributed by atoms with Crippen molar-refractivity contribution in [3.05, 3.63) is 55.3 Å². The molecule has 2 rings (SSSR count). The molecule has 1 amide bonds. The summed E-state index contributed by atoms with van der Waals surface area (Å²) in [6, 6.07) is 2.05. The van der Waals surface area contributed by atoms with Crippen molar-refractivity contribution in [1.82, 2.24) is 19.5 Å². The fraction of sp³-hybridized carbons (Fsp3) is 0.100. The molecule has 2 aromatic heterocycles. The SMILES string of the molecule is Cn1c(NC(=O)c2cc(=O)[nH]cn2)cc(=O)[nH]c1=O. The lowest BCUT2D eigenvalue weighted by molar-refractivity contribution is 0.102. The van der Waals surface area contributed by atoms with E-state index < -0.39 is 22.7 Å². The summed E-state index contributed by atoms with van der Waals surface area (Å²) in [7, 11) is 1.37. The normalized spacial score (nSPS) is 10.2. The second-order valence-corrected chi connectivity index (χ2v) is 3.63. The van der Waals surface area contributed by atoms with Crippen molar-refractivity contribution in [3.8, 4) is 0 Å². The van der Waals surface area contributed by atoms with Crippen LogP contribution >= 0.6 is 0 Å². The number of anilines is 1. The second kappa shape index (κ2) is 4.72. The van der Waals surface area contributed by atoms with E-state index in [2.05, 4.69) is 15.3 Å². The van der Waals surface area contributed by atoms with E-state index in [9.17, 15) is 19.2 Å². The van der Waals surface area contributed by atoms with Gasteiger partial charge in [0.25, 0.3) is 17.0 Å². The topological polar surface area (TPSA) is 130 Å². The van der Waals surface area contributed by atoms with E-state index >= 15 is 0 Å². The van der Waals surface area contributed by atoms with E-state index in [0.717, 1.165) is 23.0 Å². The average Bonchev–Trinajstić information content (AvgIpc) is 2.35. The van der Waals surface area contributed by atoms with Gasteiger partial charge in [0.2, 0.25) is 0 Å². The highest BCUT2D eigenvalue weighted by Crippen LogP contribution is 2.00. The number of rotatable bonds is 2. The number of hydrogen-bond donors (Lipinski definition) is 3. The standard InChI is InChI=1S/C10H9N5O4/c1-15-6(3-8(17)14-10(15)19)13-9(18)5-2-7(16)12-4-11-5/h2-4H,1H3,(H,13,18)(H,11,12,16)(H,14,17,19). The molecule has 0 spiro atoms. The first-order chi connectivity index (χ1) is 8.97. The zero-order chi connectivity index (χ0) is 14.0. The molecule has 0 aromatic carbocycles. The third kappa shape index (κ3) is 2.65. The van der Waals surface area contributed by atoms with Crippen LogP contribution in [0.5, 0.6) is 0 Å². The number of nitrogens with zero attached hydrogens (tertiary/aromatic N) is 2. The molecular formula is C10H9N5O4. The molecule has 0 fully saturated rings. The molecule has 2 heterocycles. The zero-order valence-electron chi connectivity index (χ0n) is 9.76. The van der Waals surface area contributed by atoms with E-state index in [1.54, 1.807) is 0 Å². The van der Waals surface area contributed by atoms with Crippen LogP contribution < -0.4 is 22.1 Å². The molecule has 0 unspecified atom stereocenters. The van der Waals surface area contributed by atoms with E-state index in [-0.39, 0.29) is 11.5 Å². The van der Waals surface area contributed by atoms with E-state index in [4.69, 9.17) is 0 Å². The van der Waals surface area contributed by atoms with Gasteiger partial charge in [-0.1, -0.05) is 0 Å². The third-order valence-corrected chi connectivity index (χ3v) is 2.32. The Kier molecular flexibility index (Phi) is 3.10. The highest BCUT2D eigenvalue weighted by molar-refractivity contribution is 6.02. The smallest absolute Gasteiger partial charge is 0.313 e. The highest BCUT2D eigenvalue weighted by Gasteiger charge is 2.11. The summed E-state index contributed by atoms with van der Waals surface area (Å²) < 4.78 is 1.05. The van der Waals surface area contributed by atoms with Crippen LogP contribution in [0.3, 0.4) is 0 Å². The minimum Gasteiger partial charge on any atom is -0.313 e. The van der Waals surface area contributed by atoms with Gasteiger partial charge in [-0.05, 0) is 0 Å². The van der Waals surface area contributed by atoms with Crippen molar-refractivity contribution in [2.45, 2.75) is 0 Å². The molecule has 0 aliphatic carbocycles. The number of carbonyl (C=O) groups excluding carboxylic acids is 1. The van der Waals surface area contributed by atoms with Crippen molar-refractivity contribution in [3.63, 3.8) is 0 Å².